The van der Waals surface area contributed by atoms with Crippen LogP contribution in [0.4, 0.5) is 0 Å². The van der Waals surface area contributed by atoms with Crippen molar-refractivity contribution in [2.45, 2.75) is 61.9 Å². The summed E-state index contributed by atoms with van der Waals surface area (Å²) in [6, 6.07) is 20.1. The topological polar surface area (TPSA) is 56.8 Å². The SMILES string of the molecule is CC(=O)O[C@H]1[C@H](C)O[C@H](Sc2ccccc2)C[C@@]1(C)NOCc1ccccc1. The fourth-order valence-corrected chi connectivity index (χ4v) is 4.70. The van der Waals surface area contributed by atoms with Gasteiger partial charge in [-0.25, -0.2) is 0 Å². The van der Waals surface area contributed by atoms with Crippen molar-refractivity contribution in [1.82, 2.24) is 5.48 Å². The van der Waals surface area contributed by atoms with Gasteiger partial charge in [0.15, 0.2) is 0 Å². The van der Waals surface area contributed by atoms with Gasteiger partial charge in [-0.2, -0.15) is 5.48 Å². The van der Waals surface area contributed by atoms with Gasteiger partial charge in [0.25, 0.3) is 0 Å². The molecule has 1 aliphatic heterocycles. The molecule has 5 nitrogen and oxygen atoms in total. The van der Waals surface area contributed by atoms with E-state index in [1.165, 1.54) is 6.92 Å². The highest BCUT2D eigenvalue weighted by molar-refractivity contribution is 7.99. The molecule has 0 aromatic heterocycles. The Morgan fingerprint density at radius 2 is 1.82 bits per heavy atom. The van der Waals surface area contributed by atoms with E-state index in [-0.39, 0.29) is 17.5 Å². The second kappa shape index (κ2) is 9.56. The predicted molar refractivity (Wildman–Crippen MR) is 110 cm³/mol. The van der Waals surface area contributed by atoms with E-state index in [0.29, 0.717) is 13.0 Å². The maximum Gasteiger partial charge on any atom is 0.303 e. The molecular weight excluding hydrogens is 374 g/mol. The van der Waals surface area contributed by atoms with Crippen LogP contribution in [-0.2, 0) is 25.7 Å². The number of hydrogen-bond acceptors (Lipinski definition) is 6. The highest BCUT2D eigenvalue weighted by atomic mass is 32.2. The summed E-state index contributed by atoms with van der Waals surface area (Å²) < 4.78 is 11.8. The van der Waals surface area contributed by atoms with Crippen LogP contribution in [0.1, 0.15) is 32.8 Å². The molecule has 1 fully saturated rings. The van der Waals surface area contributed by atoms with Crippen molar-refractivity contribution in [3.63, 3.8) is 0 Å². The molecule has 4 atom stereocenters. The normalized spacial score (nSPS) is 27.3. The van der Waals surface area contributed by atoms with E-state index in [1.807, 2.05) is 62.4 Å². The Labute approximate surface area is 170 Å². The summed E-state index contributed by atoms with van der Waals surface area (Å²) in [5, 5.41) is 0. The van der Waals surface area contributed by atoms with E-state index in [2.05, 4.69) is 17.6 Å². The van der Waals surface area contributed by atoms with Gasteiger partial charge in [0.05, 0.1) is 18.2 Å². The van der Waals surface area contributed by atoms with Crippen molar-refractivity contribution in [1.29, 1.82) is 0 Å². The minimum Gasteiger partial charge on any atom is -0.458 e. The number of rotatable bonds is 7. The Morgan fingerprint density at radius 3 is 2.46 bits per heavy atom. The van der Waals surface area contributed by atoms with E-state index in [0.717, 1.165) is 10.5 Å². The van der Waals surface area contributed by atoms with Gasteiger partial charge in [-0.15, -0.1) is 0 Å². The second-order valence-electron chi connectivity index (χ2n) is 7.23. The Hall–Kier alpha value is -1.86. The molecule has 6 heteroatoms. The lowest BCUT2D eigenvalue weighted by Crippen LogP contribution is -2.62. The van der Waals surface area contributed by atoms with Crippen LogP contribution in [0.25, 0.3) is 0 Å². The highest BCUT2D eigenvalue weighted by Gasteiger charge is 2.48. The number of carbonyl (C=O) groups excluding carboxylic acids is 1. The lowest BCUT2D eigenvalue weighted by molar-refractivity contribution is -0.194. The van der Waals surface area contributed by atoms with Crippen molar-refractivity contribution in [3.8, 4) is 0 Å². The summed E-state index contributed by atoms with van der Waals surface area (Å²) in [5.41, 5.74) is 3.58. The van der Waals surface area contributed by atoms with Gasteiger partial charge in [-0.3, -0.25) is 9.63 Å². The lowest BCUT2D eigenvalue weighted by atomic mass is 9.86. The first kappa shape index (κ1) is 20.9. The summed E-state index contributed by atoms with van der Waals surface area (Å²) in [6.45, 7) is 5.79. The van der Waals surface area contributed by atoms with Crippen molar-refractivity contribution < 1.29 is 19.1 Å². The zero-order valence-electron chi connectivity index (χ0n) is 16.5. The molecule has 1 N–H and O–H groups in total. The Kier molecular flexibility index (Phi) is 7.13. The molecule has 1 heterocycles. The second-order valence-corrected chi connectivity index (χ2v) is 8.46. The molecule has 0 unspecified atom stereocenters. The van der Waals surface area contributed by atoms with Crippen LogP contribution in [0.3, 0.4) is 0 Å². The van der Waals surface area contributed by atoms with Crippen molar-refractivity contribution >= 4 is 17.7 Å². The number of nitrogens with one attached hydrogen (secondary N) is 1. The monoisotopic (exact) mass is 401 g/mol. The van der Waals surface area contributed by atoms with E-state index in [9.17, 15) is 4.79 Å². The van der Waals surface area contributed by atoms with E-state index in [4.69, 9.17) is 14.3 Å². The highest BCUT2D eigenvalue weighted by Crippen LogP contribution is 2.38. The predicted octanol–water partition coefficient (Wildman–Crippen LogP) is 4.33. The van der Waals surface area contributed by atoms with Gasteiger partial charge in [0.2, 0.25) is 0 Å². The molecule has 0 aliphatic carbocycles. The number of hydrogen-bond donors (Lipinski definition) is 1. The van der Waals surface area contributed by atoms with Crippen LogP contribution in [0, 0.1) is 0 Å². The molecule has 0 saturated carbocycles. The summed E-state index contributed by atoms with van der Waals surface area (Å²) in [6.07, 6.45) is -0.0889. The molecule has 0 radical (unpaired) electrons. The zero-order valence-corrected chi connectivity index (χ0v) is 17.3. The first-order valence-electron chi connectivity index (χ1n) is 9.43. The number of benzene rings is 2. The van der Waals surface area contributed by atoms with Crippen LogP contribution in [-0.4, -0.2) is 29.2 Å². The van der Waals surface area contributed by atoms with Gasteiger partial charge in [-0.1, -0.05) is 60.3 Å². The summed E-state index contributed by atoms with van der Waals surface area (Å²) in [4.78, 5) is 18.6. The van der Waals surface area contributed by atoms with Crippen LogP contribution in [0.15, 0.2) is 65.6 Å². The van der Waals surface area contributed by atoms with Crippen LogP contribution in [0.2, 0.25) is 0 Å². The summed E-state index contributed by atoms with van der Waals surface area (Å²) in [5.74, 6) is -0.328. The van der Waals surface area contributed by atoms with Gasteiger partial charge < -0.3 is 9.47 Å². The summed E-state index contributed by atoms with van der Waals surface area (Å²) in [7, 11) is 0. The summed E-state index contributed by atoms with van der Waals surface area (Å²) >= 11 is 1.66. The molecule has 3 rings (SSSR count). The molecule has 1 aliphatic rings. The number of esters is 1. The van der Waals surface area contributed by atoms with Crippen LogP contribution < -0.4 is 5.48 Å². The van der Waals surface area contributed by atoms with E-state index >= 15 is 0 Å². The van der Waals surface area contributed by atoms with Crippen molar-refractivity contribution in [2.75, 3.05) is 0 Å². The fraction of sp³-hybridized carbons (Fsp3) is 0.409. The molecule has 150 valence electrons. The standard InChI is InChI=1S/C22H27NO4S/c1-16-21(27-17(2)24)22(3,23-25-15-18-10-6-4-7-11-18)14-20(26-16)28-19-12-8-5-9-13-19/h4-13,16,20-21,23H,14-15H2,1-3H3/t16-,20+,21-,22+/m0/s1. The minimum atomic E-state index is -0.579. The van der Waals surface area contributed by atoms with Gasteiger partial charge >= 0.3 is 5.97 Å². The Balaban J connectivity index is 1.70. The van der Waals surface area contributed by atoms with Crippen molar-refractivity contribution in [2.24, 2.45) is 0 Å². The smallest absolute Gasteiger partial charge is 0.303 e. The third-order valence-corrected chi connectivity index (χ3v) is 5.79. The zero-order chi connectivity index (χ0) is 20.0. The fourth-order valence-electron chi connectivity index (χ4n) is 3.42. The van der Waals surface area contributed by atoms with Crippen molar-refractivity contribution in [3.05, 3.63) is 66.2 Å². The van der Waals surface area contributed by atoms with E-state index in [1.54, 1.807) is 11.8 Å². The molecule has 0 spiro atoms. The number of hydroxylamine groups is 1. The average molecular weight is 402 g/mol. The molecule has 2 aromatic rings. The van der Waals surface area contributed by atoms with Gasteiger partial charge in [-0.05, 0) is 31.5 Å². The molecule has 0 bridgehead atoms. The molecular formula is C22H27NO4S. The first-order valence-corrected chi connectivity index (χ1v) is 10.3. The molecule has 28 heavy (non-hydrogen) atoms. The van der Waals surface area contributed by atoms with Gasteiger partial charge in [0, 0.05) is 18.2 Å². The number of carbonyl (C=O) groups is 1. The quantitative estimate of drug-likeness (QED) is 0.551. The third-order valence-electron chi connectivity index (χ3n) is 4.70. The molecule has 1 saturated heterocycles. The maximum absolute atomic E-state index is 11.7. The third kappa shape index (κ3) is 5.58. The lowest BCUT2D eigenvalue weighted by Gasteiger charge is -2.46. The number of ether oxygens (including phenoxy) is 2. The largest absolute Gasteiger partial charge is 0.458 e. The van der Waals surface area contributed by atoms with Gasteiger partial charge in [0.1, 0.15) is 11.5 Å². The van der Waals surface area contributed by atoms with E-state index < -0.39 is 11.6 Å². The first-order chi connectivity index (χ1) is 13.5. The molecule has 2 aromatic carbocycles. The Morgan fingerprint density at radius 1 is 1.18 bits per heavy atom. The number of thioether (sulfide) groups is 1. The van der Waals surface area contributed by atoms with Crippen LogP contribution in [0.5, 0.6) is 0 Å². The molecule has 0 amide bonds. The average Bonchev–Trinajstić information content (AvgIpc) is 2.66. The van der Waals surface area contributed by atoms with Crippen LogP contribution >= 0.6 is 11.8 Å². The maximum atomic E-state index is 11.7. The Bertz CT molecular complexity index is 758. The minimum absolute atomic E-state index is 0.0815.